The smallest absolute Gasteiger partial charge is 0.307 e. The highest BCUT2D eigenvalue weighted by atomic mass is 16.6. The number of aromatic nitrogens is 1. The van der Waals surface area contributed by atoms with Crippen molar-refractivity contribution in [1.29, 1.82) is 0 Å². The second-order valence-corrected chi connectivity index (χ2v) is 7.54. The molecule has 2 rings (SSSR count). The summed E-state index contributed by atoms with van der Waals surface area (Å²) < 4.78 is 10.4. The first kappa shape index (κ1) is 19.4. The van der Waals surface area contributed by atoms with E-state index in [9.17, 15) is 9.59 Å². The highest BCUT2D eigenvalue weighted by molar-refractivity contribution is 5.79. The molecule has 1 aromatic heterocycles. The number of esters is 1. The minimum absolute atomic E-state index is 0.0983. The minimum atomic E-state index is -0.444. The van der Waals surface area contributed by atoms with E-state index in [0.717, 1.165) is 24.3 Å². The van der Waals surface area contributed by atoms with Crippen LogP contribution < -0.4 is 0 Å². The quantitative estimate of drug-likeness (QED) is 0.752. The van der Waals surface area contributed by atoms with Crippen molar-refractivity contribution < 1.29 is 18.8 Å². The molecule has 1 fully saturated rings. The molecular formula is C18H29N3O4. The topological polar surface area (TPSA) is 75.9 Å². The van der Waals surface area contributed by atoms with Crippen LogP contribution in [-0.2, 0) is 20.7 Å². The largest absolute Gasteiger partial charge is 0.460 e. The summed E-state index contributed by atoms with van der Waals surface area (Å²) in [6.45, 7) is 12.9. The summed E-state index contributed by atoms with van der Waals surface area (Å²) in [6, 6.07) is 0. The molecule has 7 heteroatoms. The van der Waals surface area contributed by atoms with Crippen molar-refractivity contribution in [3.05, 3.63) is 17.0 Å². The van der Waals surface area contributed by atoms with Gasteiger partial charge >= 0.3 is 5.97 Å². The Bertz CT molecular complexity index is 591. The molecule has 1 aliphatic heterocycles. The number of rotatable bonds is 5. The number of hydrogen-bond donors (Lipinski definition) is 0. The van der Waals surface area contributed by atoms with E-state index in [0.29, 0.717) is 38.2 Å². The molecule has 0 atom stereocenters. The van der Waals surface area contributed by atoms with Gasteiger partial charge in [0.1, 0.15) is 11.4 Å². The molecule has 0 N–H and O–H groups in total. The van der Waals surface area contributed by atoms with Crippen LogP contribution in [0.1, 0.15) is 44.2 Å². The third-order valence-corrected chi connectivity index (χ3v) is 4.29. The predicted octanol–water partition coefficient (Wildman–Crippen LogP) is 1.71. The normalized spacial score (nSPS) is 16.1. The average molecular weight is 351 g/mol. The van der Waals surface area contributed by atoms with Gasteiger partial charge in [-0.05, 0) is 34.6 Å². The van der Waals surface area contributed by atoms with E-state index in [1.807, 2.05) is 39.5 Å². The van der Waals surface area contributed by atoms with E-state index < -0.39 is 5.60 Å². The van der Waals surface area contributed by atoms with Crippen molar-refractivity contribution >= 4 is 11.9 Å². The van der Waals surface area contributed by atoms with Crippen LogP contribution in [0.4, 0.5) is 0 Å². The van der Waals surface area contributed by atoms with Gasteiger partial charge in [0.25, 0.3) is 0 Å². The van der Waals surface area contributed by atoms with E-state index >= 15 is 0 Å². The van der Waals surface area contributed by atoms with Gasteiger partial charge in [-0.3, -0.25) is 14.5 Å². The van der Waals surface area contributed by atoms with E-state index in [4.69, 9.17) is 9.26 Å². The third kappa shape index (κ3) is 5.85. The van der Waals surface area contributed by atoms with Gasteiger partial charge in [0.15, 0.2) is 0 Å². The van der Waals surface area contributed by atoms with Gasteiger partial charge in [-0.25, -0.2) is 0 Å². The number of carbonyl (C=O) groups excluding carboxylic acids is 2. The van der Waals surface area contributed by atoms with Gasteiger partial charge < -0.3 is 14.2 Å². The summed E-state index contributed by atoms with van der Waals surface area (Å²) >= 11 is 0. The van der Waals surface area contributed by atoms with Gasteiger partial charge in [0, 0.05) is 38.3 Å². The first-order valence-corrected chi connectivity index (χ1v) is 8.79. The zero-order valence-corrected chi connectivity index (χ0v) is 15.9. The third-order valence-electron chi connectivity index (χ3n) is 4.29. The summed E-state index contributed by atoms with van der Waals surface area (Å²) in [5, 5.41) is 3.89. The van der Waals surface area contributed by atoms with Crippen molar-refractivity contribution in [2.75, 3.05) is 32.7 Å². The summed E-state index contributed by atoms with van der Waals surface area (Å²) in [6.07, 6.45) is 0.712. The van der Waals surface area contributed by atoms with Crippen LogP contribution in [0.2, 0.25) is 0 Å². The van der Waals surface area contributed by atoms with Gasteiger partial charge in [0.2, 0.25) is 5.91 Å². The van der Waals surface area contributed by atoms with E-state index in [-0.39, 0.29) is 11.9 Å². The fourth-order valence-electron chi connectivity index (χ4n) is 2.88. The monoisotopic (exact) mass is 351 g/mol. The number of hydrogen-bond acceptors (Lipinski definition) is 6. The summed E-state index contributed by atoms with van der Waals surface area (Å²) in [4.78, 5) is 28.3. The molecule has 0 aromatic carbocycles. The molecule has 25 heavy (non-hydrogen) atoms. The Morgan fingerprint density at radius 1 is 1.16 bits per heavy atom. The highest BCUT2D eigenvalue weighted by Gasteiger charge is 2.24. The lowest BCUT2D eigenvalue weighted by atomic mass is 10.1. The Morgan fingerprint density at radius 2 is 1.80 bits per heavy atom. The Balaban J connectivity index is 1.74. The first-order valence-electron chi connectivity index (χ1n) is 8.79. The first-order chi connectivity index (χ1) is 11.7. The van der Waals surface area contributed by atoms with Crippen LogP contribution in [0, 0.1) is 13.8 Å². The molecule has 0 saturated carbocycles. The number of ether oxygens (including phenoxy) is 1. The van der Waals surface area contributed by atoms with Crippen molar-refractivity contribution in [2.24, 2.45) is 0 Å². The molecule has 0 radical (unpaired) electrons. The van der Waals surface area contributed by atoms with Gasteiger partial charge in [-0.15, -0.1) is 0 Å². The predicted molar refractivity (Wildman–Crippen MR) is 93.2 cm³/mol. The van der Waals surface area contributed by atoms with Gasteiger partial charge in [-0.2, -0.15) is 0 Å². The lowest BCUT2D eigenvalue weighted by Crippen LogP contribution is -2.49. The SMILES string of the molecule is Cc1noc(C)c1CC(=O)N1CCN(CCC(=O)OC(C)(C)C)CC1. The van der Waals surface area contributed by atoms with E-state index in [1.54, 1.807) is 0 Å². The number of aryl methyl sites for hydroxylation is 2. The summed E-state index contributed by atoms with van der Waals surface area (Å²) in [5.74, 6) is 0.632. The molecule has 140 valence electrons. The number of nitrogens with zero attached hydrogens (tertiary/aromatic N) is 3. The second kappa shape index (κ2) is 7.99. The molecule has 0 unspecified atom stereocenters. The average Bonchev–Trinajstić information content (AvgIpc) is 2.83. The summed E-state index contributed by atoms with van der Waals surface area (Å²) in [5.41, 5.74) is 1.22. The van der Waals surface area contributed by atoms with E-state index in [1.165, 1.54) is 0 Å². The molecule has 1 amide bonds. The Morgan fingerprint density at radius 3 is 2.32 bits per heavy atom. The second-order valence-electron chi connectivity index (χ2n) is 7.54. The maximum atomic E-state index is 12.5. The van der Waals surface area contributed by atoms with Crippen molar-refractivity contribution in [3.8, 4) is 0 Å². The van der Waals surface area contributed by atoms with Crippen molar-refractivity contribution in [2.45, 2.75) is 53.1 Å². The van der Waals surface area contributed by atoms with Gasteiger partial charge in [-0.1, -0.05) is 5.16 Å². The molecule has 2 heterocycles. The highest BCUT2D eigenvalue weighted by Crippen LogP contribution is 2.15. The maximum Gasteiger partial charge on any atom is 0.307 e. The molecule has 0 bridgehead atoms. The molecule has 0 spiro atoms. The maximum absolute atomic E-state index is 12.5. The van der Waals surface area contributed by atoms with Crippen molar-refractivity contribution in [3.63, 3.8) is 0 Å². The number of piperazine rings is 1. The van der Waals surface area contributed by atoms with Crippen LogP contribution in [-0.4, -0.2) is 65.2 Å². The molecule has 0 aliphatic carbocycles. The van der Waals surface area contributed by atoms with Crippen LogP contribution in [0.25, 0.3) is 0 Å². The standard InChI is InChI=1S/C18H29N3O4/c1-13-15(14(2)25-19-13)12-16(22)21-10-8-20(9-11-21)7-6-17(23)24-18(3,4)5/h6-12H2,1-5H3. The molecule has 7 nitrogen and oxygen atoms in total. The lowest BCUT2D eigenvalue weighted by molar-refractivity contribution is -0.155. The Hall–Kier alpha value is -1.89. The fraction of sp³-hybridized carbons (Fsp3) is 0.722. The molecule has 1 aromatic rings. The Kier molecular flexibility index (Phi) is 6.21. The van der Waals surface area contributed by atoms with E-state index in [2.05, 4.69) is 10.1 Å². The van der Waals surface area contributed by atoms with Crippen LogP contribution >= 0.6 is 0 Å². The van der Waals surface area contributed by atoms with Crippen LogP contribution in [0.3, 0.4) is 0 Å². The number of carbonyl (C=O) groups is 2. The minimum Gasteiger partial charge on any atom is -0.460 e. The fourth-order valence-corrected chi connectivity index (χ4v) is 2.88. The zero-order valence-electron chi connectivity index (χ0n) is 15.9. The molecule has 1 saturated heterocycles. The van der Waals surface area contributed by atoms with Gasteiger partial charge in [0.05, 0.1) is 18.5 Å². The van der Waals surface area contributed by atoms with Crippen molar-refractivity contribution in [1.82, 2.24) is 15.0 Å². The zero-order chi connectivity index (χ0) is 18.6. The lowest BCUT2D eigenvalue weighted by Gasteiger charge is -2.34. The van der Waals surface area contributed by atoms with Crippen LogP contribution in [0.15, 0.2) is 4.52 Å². The van der Waals surface area contributed by atoms with Crippen LogP contribution in [0.5, 0.6) is 0 Å². The Labute approximate surface area is 149 Å². The number of amides is 1. The summed E-state index contributed by atoms with van der Waals surface area (Å²) in [7, 11) is 0. The molecule has 1 aliphatic rings. The molecular weight excluding hydrogens is 322 g/mol.